The van der Waals surface area contributed by atoms with E-state index in [-0.39, 0.29) is 6.10 Å². The Morgan fingerprint density at radius 3 is 3.04 bits per heavy atom. The first kappa shape index (κ1) is 15.5. The van der Waals surface area contributed by atoms with Gasteiger partial charge in [-0.25, -0.2) is 9.78 Å². The average molecular weight is 339 g/mol. The Morgan fingerprint density at radius 2 is 2.24 bits per heavy atom. The van der Waals surface area contributed by atoms with Gasteiger partial charge in [0, 0.05) is 18.9 Å². The van der Waals surface area contributed by atoms with Gasteiger partial charge in [0.1, 0.15) is 11.9 Å². The third-order valence-electron chi connectivity index (χ3n) is 4.17. The van der Waals surface area contributed by atoms with Crippen LogP contribution in [0, 0.1) is 0 Å². The van der Waals surface area contributed by atoms with Crippen molar-refractivity contribution >= 4 is 17.6 Å². The zero-order chi connectivity index (χ0) is 17.2. The number of hydrogen-bond acceptors (Lipinski definition) is 7. The number of hydrogen-bond donors (Lipinski definition) is 0. The lowest BCUT2D eigenvalue weighted by Gasteiger charge is -2.33. The topological polar surface area (TPSA) is 81.8 Å². The van der Waals surface area contributed by atoms with E-state index in [9.17, 15) is 4.79 Å². The summed E-state index contributed by atoms with van der Waals surface area (Å²) in [5.74, 6) is 0.807. The van der Waals surface area contributed by atoms with E-state index in [0.717, 1.165) is 18.1 Å². The summed E-state index contributed by atoms with van der Waals surface area (Å²) in [6.07, 6.45) is 4.91. The number of anilines is 1. The lowest BCUT2D eigenvalue weighted by atomic mass is 10.2. The SMILES string of the molecule is COC(=O)c1cnc2nc(N3CCOC(c4ccccn4)C3)ccn12. The quantitative estimate of drug-likeness (QED) is 0.669. The van der Waals surface area contributed by atoms with Gasteiger partial charge in [0.05, 0.1) is 32.2 Å². The fourth-order valence-corrected chi connectivity index (χ4v) is 2.90. The van der Waals surface area contributed by atoms with Crippen molar-refractivity contribution in [2.45, 2.75) is 6.10 Å². The van der Waals surface area contributed by atoms with Crippen molar-refractivity contribution in [2.24, 2.45) is 0 Å². The number of aromatic nitrogens is 4. The molecule has 4 rings (SSSR count). The molecule has 8 heteroatoms. The lowest BCUT2D eigenvalue weighted by molar-refractivity contribution is 0.0368. The van der Waals surface area contributed by atoms with Crippen molar-refractivity contribution in [3.05, 3.63) is 54.2 Å². The van der Waals surface area contributed by atoms with Crippen molar-refractivity contribution in [3.63, 3.8) is 0 Å². The Bertz CT molecular complexity index is 896. The van der Waals surface area contributed by atoms with E-state index >= 15 is 0 Å². The highest BCUT2D eigenvalue weighted by Gasteiger charge is 2.24. The molecular formula is C17H17N5O3. The minimum Gasteiger partial charge on any atom is -0.464 e. The van der Waals surface area contributed by atoms with Crippen LogP contribution in [0.2, 0.25) is 0 Å². The predicted octanol–water partition coefficient (Wildman–Crippen LogP) is 1.49. The van der Waals surface area contributed by atoms with Gasteiger partial charge in [-0.3, -0.25) is 9.38 Å². The minimum atomic E-state index is -0.441. The second-order valence-electron chi connectivity index (χ2n) is 5.65. The Hall–Kier alpha value is -3.00. The molecule has 0 radical (unpaired) electrons. The largest absolute Gasteiger partial charge is 0.464 e. The molecule has 1 fully saturated rings. The summed E-state index contributed by atoms with van der Waals surface area (Å²) < 4.78 is 12.2. The fraction of sp³-hybridized carbons (Fsp3) is 0.294. The van der Waals surface area contributed by atoms with E-state index in [4.69, 9.17) is 9.47 Å². The molecule has 25 heavy (non-hydrogen) atoms. The van der Waals surface area contributed by atoms with Crippen molar-refractivity contribution in [2.75, 3.05) is 31.7 Å². The van der Waals surface area contributed by atoms with E-state index in [1.54, 1.807) is 16.8 Å². The number of carbonyl (C=O) groups excluding carboxylic acids is 1. The molecule has 0 aromatic carbocycles. The number of esters is 1. The van der Waals surface area contributed by atoms with Gasteiger partial charge in [-0.2, -0.15) is 4.98 Å². The van der Waals surface area contributed by atoms with Crippen LogP contribution in [-0.4, -0.2) is 52.1 Å². The van der Waals surface area contributed by atoms with E-state index in [1.165, 1.54) is 13.3 Å². The number of pyridine rings is 1. The van der Waals surface area contributed by atoms with Gasteiger partial charge in [-0.05, 0) is 18.2 Å². The lowest BCUT2D eigenvalue weighted by Crippen LogP contribution is -2.39. The zero-order valence-electron chi connectivity index (χ0n) is 13.7. The van der Waals surface area contributed by atoms with E-state index < -0.39 is 5.97 Å². The first-order valence-corrected chi connectivity index (χ1v) is 7.96. The Kier molecular flexibility index (Phi) is 4.02. The molecule has 4 heterocycles. The molecule has 1 saturated heterocycles. The van der Waals surface area contributed by atoms with Crippen LogP contribution < -0.4 is 4.90 Å². The van der Waals surface area contributed by atoms with E-state index in [2.05, 4.69) is 19.9 Å². The third kappa shape index (κ3) is 2.91. The molecule has 1 unspecified atom stereocenters. The monoisotopic (exact) mass is 339 g/mol. The molecule has 1 aliphatic rings. The van der Waals surface area contributed by atoms with Crippen molar-refractivity contribution in [1.29, 1.82) is 0 Å². The number of morpholine rings is 1. The van der Waals surface area contributed by atoms with Gasteiger partial charge in [-0.1, -0.05) is 6.07 Å². The number of ether oxygens (including phenoxy) is 2. The first-order chi connectivity index (χ1) is 12.3. The molecule has 0 aliphatic carbocycles. The van der Waals surface area contributed by atoms with Crippen LogP contribution in [0.15, 0.2) is 42.9 Å². The number of rotatable bonds is 3. The van der Waals surface area contributed by atoms with Crippen LogP contribution in [0.3, 0.4) is 0 Å². The first-order valence-electron chi connectivity index (χ1n) is 7.96. The summed E-state index contributed by atoms with van der Waals surface area (Å²) in [7, 11) is 1.34. The molecular weight excluding hydrogens is 322 g/mol. The van der Waals surface area contributed by atoms with Gasteiger partial charge in [0.25, 0.3) is 0 Å². The molecule has 0 saturated carbocycles. The number of imidazole rings is 1. The fourth-order valence-electron chi connectivity index (χ4n) is 2.90. The summed E-state index contributed by atoms with van der Waals surface area (Å²) in [5, 5.41) is 0. The summed E-state index contributed by atoms with van der Waals surface area (Å²) >= 11 is 0. The summed E-state index contributed by atoms with van der Waals surface area (Å²) in [4.78, 5) is 27.0. The molecule has 0 N–H and O–H groups in total. The maximum atomic E-state index is 11.7. The van der Waals surface area contributed by atoms with E-state index in [0.29, 0.717) is 24.6 Å². The van der Waals surface area contributed by atoms with Crippen LogP contribution in [0.25, 0.3) is 5.78 Å². The van der Waals surface area contributed by atoms with Gasteiger partial charge >= 0.3 is 5.97 Å². The average Bonchev–Trinajstić information content (AvgIpc) is 3.11. The number of methoxy groups -OCH3 is 1. The Balaban J connectivity index is 1.60. The normalized spacial score (nSPS) is 17.6. The highest BCUT2D eigenvalue weighted by Crippen LogP contribution is 2.24. The zero-order valence-corrected chi connectivity index (χ0v) is 13.7. The molecule has 1 atom stereocenters. The standard InChI is InChI=1S/C17H17N5O3/c1-24-16(23)13-10-19-17-20-15(5-7-22(13)17)21-8-9-25-14(11-21)12-4-2-3-6-18-12/h2-7,10,14H,8-9,11H2,1H3. The van der Waals surface area contributed by atoms with Crippen LogP contribution in [0.5, 0.6) is 0 Å². The predicted molar refractivity (Wildman–Crippen MR) is 89.5 cm³/mol. The molecule has 1 aliphatic heterocycles. The van der Waals surface area contributed by atoms with Gasteiger partial charge < -0.3 is 14.4 Å². The minimum absolute atomic E-state index is 0.0987. The molecule has 8 nitrogen and oxygen atoms in total. The van der Waals surface area contributed by atoms with Gasteiger partial charge in [0.15, 0.2) is 5.69 Å². The Labute approximate surface area is 144 Å². The van der Waals surface area contributed by atoms with Crippen molar-refractivity contribution in [1.82, 2.24) is 19.4 Å². The summed E-state index contributed by atoms with van der Waals surface area (Å²) in [5.41, 5.74) is 1.26. The smallest absolute Gasteiger partial charge is 0.356 e. The second kappa shape index (κ2) is 6.48. The summed E-state index contributed by atoms with van der Waals surface area (Å²) in [6.45, 7) is 1.98. The summed E-state index contributed by atoms with van der Waals surface area (Å²) in [6, 6.07) is 7.66. The van der Waals surface area contributed by atoms with Gasteiger partial charge in [0.2, 0.25) is 5.78 Å². The number of carbonyl (C=O) groups is 1. The highest BCUT2D eigenvalue weighted by atomic mass is 16.5. The molecule has 3 aromatic heterocycles. The second-order valence-corrected chi connectivity index (χ2v) is 5.65. The van der Waals surface area contributed by atoms with Crippen LogP contribution >= 0.6 is 0 Å². The third-order valence-corrected chi connectivity index (χ3v) is 4.17. The number of fused-ring (bicyclic) bond motifs is 1. The molecule has 3 aromatic rings. The van der Waals surface area contributed by atoms with E-state index in [1.807, 2.05) is 24.3 Å². The molecule has 0 spiro atoms. The van der Waals surface area contributed by atoms with Crippen molar-refractivity contribution < 1.29 is 14.3 Å². The van der Waals surface area contributed by atoms with Crippen molar-refractivity contribution in [3.8, 4) is 0 Å². The maximum absolute atomic E-state index is 11.7. The maximum Gasteiger partial charge on any atom is 0.356 e. The van der Waals surface area contributed by atoms with Crippen LogP contribution in [0.4, 0.5) is 5.82 Å². The van der Waals surface area contributed by atoms with Gasteiger partial charge in [-0.15, -0.1) is 0 Å². The van der Waals surface area contributed by atoms with Crippen LogP contribution in [-0.2, 0) is 9.47 Å². The van der Waals surface area contributed by atoms with Crippen LogP contribution in [0.1, 0.15) is 22.3 Å². The number of nitrogens with zero attached hydrogens (tertiary/aromatic N) is 5. The molecule has 128 valence electrons. The molecule has 0 bridgehead atoms. The Morgan fingerprint density at radius 1 is 1.32 bits per heavy atom. The molecule has 0 amide bonds. The highest BCUT2D eigenvalue weighted by molar-refractivity contribution is 5.88.